The van der Waals surface area contributed by atoms with Gasteiger partial charge < -0.3 is 64.7 Å². The molecular formula is C82H115N17O6. The predicted octanol–water partition coefficient (Wildman–Crippen LogP) is 14.5. The molecule has 0 spiro atoms. The molecule has 105 heavy (non-hydrogen) atoms. The highest BCUT2D eigenvalue weighted by atomic mass is 16.3. The van der Waals surface area contributed by atoms with Gasteiger partial charge in [0.1, 0.15) is 28.3 Å². The van der Waals surface area contributed by atoms with Crippen molar-refractivity contribution < 1.29 is 29.7 Å². The summed E-state index contributed by atoms with van der Waals surface area (Å²) in [5, 5.41) is 43.9. The molecule has 4 aliphatic carbocycles. The van der Waals surface area contributed by atoms with E-state index in [2.05, 4.69) is 110 Å². The number of nitrogens with one attached hydrogen (secondary N) is 4. The van der Waals surface area contributed by atoms with Gasteiger partial charge in [-0.1, -0.05) is 64.3 Å². The largest absolute Gasteiger partial charge is 0.393 e. The SMILES string of the molecule is CCC[C@H](C)Nc1ncc2c(C3CCN(C(=O)C4=CCC=C4)CC3)cn(C3CCC(O)CC3)c2n1.CCC[C@H](C)Nc1ncc2c(C3CCN(C(=O)C4=NC=CC4)CC3)cn(C3CCC(O)CC3)c2n1.CCC[C@H](C)Nc1ncc2c(C3CCN(C(=O)c4ccc[nH]4)CC3)cn(C3CCC(O)CC3)c2n1. The number of aliphatic imine (C=N–C) groups is 1. The molecule has 4 aliphatic heterocycles. The number of carbonyl (C=O) groups is 3. The van der Waals surface area contributed by atoms with Gasteiger partial charge in [0, 0.05) is 153 Å². The van der Waals surface area contributed by atoms with E-state index in [4.69, 9.17) is 19.9 Å². The zero-order valence-corrected chi connectivity index (χ0v) is 63.0. The van der Waals surface area contributed by atoms with Crippen molar-refractivity contribution in [2.45, 2.75) is 281 Å². The third-order valence-electron chi connectivity index (χ3n) is 23.7. The van der Waals surface area contributed by atoms with Crippen molar-refractivity contribution in [3.63, 3.8) is 0 Å². The average Bonchev–Trinajstić information content (AvgIpc) is 1.62. The van der Waals surface area contributed by atoms with Crippen LogP contribution in [0.15, 0.2) is 96.6 Å². The van der Waals surface area contributed by atoms with Crippen LogP contribution in [0.3, 0.4) is 0 Å². The summed E-state index contributed by atoms with van der Waals surface area (Å²) < 4.78 is 7.06. The summed E-state index contributed by atoms with van der Waals surface area (Å²) in [7, 11) is 0. The summed E-state index contributed by atoms with van der Waals surface area (Å²) >= 11 is 0. The minimum Gasteiger partial charge on any atom is -0.393 e. The van der Waals surface area contributed by atoms with Gasteiger partial charge in [-0.25, -0.2) is 15.0 Å². The standard InChI is InChI=1S/C28H39N5O2.2C27H38N6O2/c1-3-6-19(2)30-28-29-17-24-25(18-33(26(24)31-28)22-9-11-23(34)12-10-22)20-13-15-32(16-14-20)27(35)21-7-4-5-8-21;2*1-3-5-18(2)30-27-29-16-22-23(17-33(25(22)31-27)20-7-9-21(34)10-8-20)19-11-14-32(15-12-19)26(35)24-6-4-13-28-24/h4,7-8,17-20,22-23,34H,3,5-6,9-16H2,1-2H3,(H,29,30,31);4,13,16-21,34H,3,5-12,14-15H2,1-2H3,(H,29,30,31);4,6,13,16-21,28,34H,3,5,7-12,14-15H2,1-2H3,(H,29,30,31)/t19-,22?,23?;2*18-,20?,21?/m000/s1. The Hall–Kier alpha value is -8.28. The number of likely N-dealkylation sites (tertiary alicyclic amines) is 3. The topological polar surface area (TPSA) is 278 Å². The molecule has 0 radical (unpaired) electrons. The number of aliphatic hydroxyl groups excluding tert-OH is 3. The van der Waals surface area contributed by atoms with Crippen molar-refractivity contribution in [1.29, 1.82) is 0 Å². The molecule has 8 aliphatic rings. The van der Waals surface area contributed by atoms with Gasteiger partial charge in [0.25, 0.3) is 17.7 Å². The van der Waals surface area contributed by atoms with Crippen LogP contribution in [-0.2, 0) is 9.59 Å². The van der Waals surface area contributed by atoms with E-state index in [0.717, 1.165) is 238 Å². The maximum absolute atomic E-state index is 12.8. The highest BCUT2D eigenvalue weighted by Gasteiger charge is 2.35. The summed E-state index contributed by atoms with van der Waals surface area (Å²) in [4.78, 5) is 80.6. The van der Waals surface area contributed by atoms with E-state index in [9.17, 15) is 29.7 Å². The molecule has 7 N–H and O–H groups in total. The number of amides is 3. The number of carbonyl (C=O) groups excluding carboxylic acids is 3. The second-order valence-corrected chi connectivity index (χ2v) is 31.4. The number of aromatic amines is 1. The fourth-order valence-electron chi connectivity index (χ4n) is 17.7. The number of anilines is 3. The minimum atomic E-state index is -0.184. The zero-order valence-electron chi connectivity index (χ0n) is 63.0. The quantitative estimate of drug-likeness (QED) is 0.0352. The van der Waals surface area contributed by atoms with E-state index >= 15 is 0 Å². The Labute approximate surface area is 619 Å². The van der Waals surface area contributed by atoms with Crippen LogP contribution in [0.1, 0.15) is 272 Å². The lowest BCUT2D eigenvalue weighted by molar-refractivity contribution is -0.128. The monoisotopic (exact) mass is 1430 g/mol. The molecule has 7 aromatic rings. The molecule has 3 atom stereocenters. The lowest BCUT2D eigenvalue weighted by Crippen LogP contribution is -2.41. The van der Waals surface area contributed by atoms with E-state index in [1.165, 1.54) is 16.7 Å². The zero-order chi connectivity index (χ0) is 73.1. The van der Waals surface area contributed by atoms with E-state index in [-0.39, 0.29) is 36.0 Å². The Morgan fingerprint density at radius 3 is 1.19 bits per heavy atom. The first-order valence-electron chi connectivity index (χ1n) is 40.2. The maximum Gasteiger partial charge on any atom is 0.270 e. The molecule has 6 fully saturated rings. The Morgan fingerprint density at radius 1 is 0.495 bits per heavy atom. The number of hydrogen-bond donors (Lipinski definition) is 7. The fourth-order valence-corrected chi connectivity index (χ4v) is 17.7. The van der Waals surface area contributed by atoms with E-state index in [1.807, 2.05) is 69.7 Å². The number of fused-ring (bicyclic) bond motifs is 3. The van der Waals surface area contributed by atoms with Crippen LogP contribution in [0.4, 0.5) is 17.8 Å². The molecule has 564 valence electrons. The molecule has 3 saturated carbocycles. The van der Waals surface area contributed by atoms with Crippen molar-refractivity contribution in [2.24, 2.45) is 4.99 Å². The molecular weight excluding hydrogens is 1320 g/mol. The first-order chi connectivity index (χ1) is 51.1. The number of nitrogens with zero attached hydrogens (tertiary/aromatic N) is 13. The highest BCUT2D eigenvalue weighted by molar-refractivity contribution is 6.39. The molecule has 0 aromatic carbocycles. The van der Waals surface area contributed by atoms with Crippen LogP contribution in [0.2, 0.25) is 0 Å². The molecule has 23 heteroatoms. The fraction of sp³-hybridized carbons (Fsp3) is 0.610. The summed E-state index contributed by atoms with van der Waals surface area (Å²) in [6.45, 7) is 17.7. The second kappa shape index (κ2) is 35.0. The molecule has 3 amide bonds. The van der Waals surface area contributed by atoms with Gasteiger partial charge in [-0.15, -0.1) is 0 Å². The highest BCUT2D eigenvalue weighted by Crippen LogP contribution is 2.43. The Balaban J connectivity index is 0.000000140. The van der Waals surface area contributed by atoms with Crippen LogP contribution in [0, 0.1) is 0 Å². The van der Waals surface area contributed by atoms with Crippen molar-refractivity contribution >= 4 is 74.4 Å². The minimum absolute atomic E-state index is 0.0805. The Kier molecular flexibility index (Phi) is 25.0. The van der Waals surface area contributed by atoms with Gasteiger partial charge in [-0.3, -0.25) is 19.4 Å². The van der Waals surface area contributed by atoms with Crippen LogP contribution >= 0.6 is 0 Å². The van der Waals surface area contributed by atoms with Crippen LogP contribution in [0.5, 0.6) is 0 Å². The Bertz CT molecular complexity index is 4180. The van der Waals surface area contributed by atoms with E-state index in [0.29, 0.717) is 89.7 Å². The van der Waals surface area contributed by atoms with Crippen molar-refractivity contribution in [3.05, 3.63) is 114 Å². The van der Waals surface area contributed by atoms with Crippen LogP contribution in [-0.4, -0.2) is 178 Å². The number of H-pyrrole nitrogens is 1. The third kappa shape index (κ3) is 17.9. The second-order valence-electron chi connectivity index (χ2n) is 31.4. The normalized spacial score (nSPS) is 23.5. The number of rotatable bonds is 21. The summed E-state index contributed by atoms with van der Waals surface area (Å²) in [6, 6.07) is 5.74. The van der Waals surface area contributed by atoms with Crippen LogP contribution < -0.4 is 16.0 Å². The maximum atomic E-state index is 12.8. The summed E-state index contributed by atoms with van der Waals surface area (Å²) in [6.07, 6.45) is 48.4. The summed E-state index contributed by atoms with van der Waals surface area (Å²) in [5.41, 5.74) is 9.05. The Morgan fingerprint density at radius 2 is 0.867 bits per heavy atom. The van der Waals surface area contributed by atoms with Gasteiger partial charge in [0.2, 0.25) is 17.8 Å². The van der Waals surface area contributed by atoms with Gasteiger partial charge in [0.15, 0.2) is 0 Å². The van der Waals surface area contributed by atoms with E-state index < -0.39 is 0 Å². The molecule has 0 unspecified atom stereocenters. The smallest absolute Gasteiger partial charge is 0.270 e. The first-order valence-corrected chi connectivity index (χ1v) is 40.2. The predicted molar refractivity (Wildman–Crippen MR) is 416 cm³/mol. The number of piperidine rings is 3. The molecule has 0 bridgehead atoms. The number of aliphatic hydroxyl groups is 3. The molecule has 15 rings (SSSR count). The number of aromatic nitrogens is 10. The molecule has 3 saturated heterocycles. The van der Waals surface area contributed by atoms with Gasteiger partial charge in [0.05, 0.1) is 18.3 Å². The van der Waals surface area contributed by atoms with Crippen molar-refractivity contribution in [3.8, 4) is 0 Å². The van der Waals surface area contributed by atoms with Crippen molar-refractivity contribution in [2.75, 3.05) is 55.2 Å². The lowest BCUT2D eigenvalue weighted by atomic mass is 9.89. The number of hydrogen-bond acceptors (Lipinski definition) is 16. The first kappa shape index (κ1) is 75.0. The summed E-state index contributed by atoms with van der Waals surface area (Å²) in [5.74, 6) is 3.54. The van der Waals surface area contributed by atoms with Crippen LogP contribution in [0.25, 0.3) is 33.1 Å². The lowest BCUT2D eigenvalue weighted by Gasteiger charge is -2.32. The van der Waals surface area contributed by atoms with Gasteiger partial charge in [-0.2, -0.15) is 15.0 Å². The van der Waals surface area contributed by atoms with Gasteiger partial charge in [-0.05, 0) is 209 Å². The van der Waals surface area contributed by atoms with Crippen molar-refractivity contribution in [1.82, 2.24) is 63.3 Å². The average molecular weight is 1430 g/mol. The molecule has 7 aromatic heterocycles. The van der Waals surface area contributed by atoms with Gasteiger partial charge >= 0.3 is 0 Å². The molecule has 11 heterocycles. The molecule has 23 nitrogen and oxygen atoms in total. The third-order valence-corrected chi connectivity index (χ3v) is 23.7. The number of allylic oxidation sites excluding steroid dienone is 3. The van der Waals surface area contributed by atoms with E-state index in [1.54, 1.807) is 12.4 Å².